The van der Waals surface area contributed by atoms with Gasteiger partial charge < -0.3 is 11.5 Å². The molecule has 5 rings (SSSR count). The van der Waals surface area contributed by atoms with Gasteiger partial charge in [0.15, 0.2) is 5.16 Å². The quantitative estimate of drug-likeness (QED) is 0.404. The lowest BCUT2D eigenvalue weighted by Crippen LogP contribution is -2.32. The van der Waals surface area contributed by atoms with Gasteiger partial charge in [0.2, 0.25) is 0 Å². The number of nitrogens with zero attached hydrogens (tertiary/aromatic N) is 4. The molecule has 0 bridgehead atoms. The zero-order valence-corrected chi connectivity index (χ0v) is 19.6. The second-order valence-corrected chi connectivity index (χ2v) is 10.6. The molecule has 32 heavy (non-hydrogen) atoms. The summed E-state index contributed by atoms with van der Waals surface area (Å²) < 4.78 is 0. The van der Waals surface area contributed by atoms with Crippen LogP contribution in [-0.2, 0) is 4.79 Å². The van der Waals surface area contributed by atoms with E-state index in [0.717, 1.165) is 29.9 Å². The van der Waals surface area contributed by atoms with Gasteiger partial charge in [0, 0.05) is 21.7 Å². The maximum Gasteiger partial charge on any atom is 0.253 e. The average Bonchev–Trinajstić information content (AvgIpc) is 3.52. The van der Waals surface area contributed by atoms with Crippen LogP contribution in [0.2, 0.25) is 0 Å². The van der Waals surface area contributed by atoms with Crippen molar-refractivity contribution in [3.05, 3.63) is 56.4 Å². The Morgan fingerprint density at radius 3 is 2.69 bits per heavy atom. The summed E-state index contributed by atoms with van der Waals surface area (Å²) in [6, 6.07) is 9.73. The van der Waals surface area contributed by atoms with Crippen LogP contribution in [0.1, 0.15) is 35.1 Å². The summed E-state index contributed by atoms with van der Waals surface area (Å²) in [5, 5.41) is 11.1. The largest absolute Gasteiger partial charge is 0.383 e. The molecule has 1 aliphatic carbocycles. The Morgan fingerprint density at radius 2 is 1.97 bits per heavy atom. The van der Waals surface area contributed by atoms with Gasteiger partial charge in [0.1, 0.15) is 11.6 Å². The zero-order chi connectivity index (χ0) is 22.1. The van der Waals surface area contributed by atoms with Gasteiger partial charge in [-0.2, -0.15) is 5.10 Å². The number of carbonyl (C=O) groups is 1. The molecular weight excluding hydrogens is 460 g/mol. The van der Waals surface area contributed by atoms with Crippen LogP contribution in [0.3, 0.4) is 0 Å². The first kappa shape index (κ1) is 21.2. The number of hydrazone groups is 1. The Kier molecular flexibility index (Phi) is 5.99. The molecule has 1 amide bonds. The molecule has 2 atom stereocenters. The summed E-state index contributed by atoms with van der Waals surface area (Å²) in [6.45, 7) is 0. The number of hydrogen-bond acceptors (Lipinski definition) is 9. The second-order valence-electron chi connectivity index (χ2n) is 7.66. The summed E-state index contributed by atoms with van der Waals surface area (Å²) >= 11 is 4.62. The van der Waals surface area contributed by atoms with Crippen LogP contribution < -0.4 is 11.5 Å². The molecule has 1 saturated carbocycles. The number of thiophene rings is 2. The topological polar surface area (TPSA) is 110 Å². The van der Waals surface area contributed by atoms with Crippen LogP contribution in [-0.4, -0.2) is 32.3 Å². The molecule has 3 aromatic heterocycles. The number of thioether (sulfide) groups is 1. The maximum atomic E-state index is 13.3. The minimum Gasteiger partial charge on any atom is -0.383 e. The molecule has 0 spiro atoms. The number of anilines is 2. The second kappa shape index (κ2) is 9.05. The fraction of sp³-hybridized carbons (Fsp3) is 0.273. The van der Waals surface area contributed by atoms with Crippen molar-refractivity contribution in [2.75, 3.05) is 17.2 Å². The van der Waals surface area contributed by atoms with E-state index in [2.05, 4.69) is 45.0 Å². The van der Waals surface area contributed by atoms with E-state index in [-0.39, 0.29) is 23.6 Å². The fourth-order valence-corrected chi connectivity index (χ4v) is 6.49. The van der Waals surface area contributed by atoms with Crippen molar-refractivity contribution < 1.29 is 4.79 Å². The summed E-state index contributed by atoms with van der Waals surface area (Å²) in [7, 11) is 0. The van der Waals surface area contributed by atoms with Crippen molar-refractivity contribution in [3.63, 3.8) is 0 Å². The molecule has 2 aliphatic rings. The van der Waals surface area contributed by atoms with Gasteiger partial charge in [-0.15, -0.1) is 22.7 Å². The van der Waals surface area contributed by atoms with E-state index < -0.39 is 0 Å². The lowest BCUT2D eigenvalue weighted by Gasteiger charge is -2.28. The number of hydrogen-bond donors (Lipinski definition) is 2. The number of fused-ring (bicyclic) bond motifs is 1. The van der Waals surface area contributed by atoms with E-state index in [9.17, 15) is 4.79 Å². The van der Waals surface area contributed by atoms with E-state index in [4.69, 9.17) is 16.6 Å². The minimum atomic E-state index is -0.0737. The number of amides is 1. The molecule has 0 radical (unpaired) electrons. The number of nitrogens with two attached hydrogens (primary N) is 2. The third-order valence-electron chi connectivity index (χ3n) is 5.52. The first-order valence-corrected chi connectivity index (χ1v) is 13.0. The van der Waals surface area contributed by atoms with Crippen molar-refractivity contribution in [2.24, 2.45) is 11.0 Å². The zero-order valence-electron chi connectivity index (χ0n) is 17.2. The van der Waals surface area contributed by atoms with Crippen LogP contribution in [0.15, 0.2) is 56.9 Å². The van der Waals surface area contributed by atoms with Crippen molar-refractivity contribution in [3.8, 4) is 0 Å². The number of aromatic nitrogens is 2. The number of nitrogen functional groups attached to an aromatic ring is 2. The van der Waals surface area contributed by atoms with Crippen LogP contribution >= 0.6 is 34.4 Å². The normalized spacial score (nSPS) is 21.6. The Morgan fingerprint density at radius 1 is 1.19 bits per heavy atom. The highest BCUT2D eigenvalue weighted by atomic mass is 32.2. The smallest absolute Gasteiger partial charge is 0.253 e. The van der Waals surface area contributed by atoms with Crippen LogP contribution in [0, 0.1) is 5.92 Å². The predicted molar refractivity (Wildman–Crippen MR) is 133 cm³/mol. The van der Waals surface area contributed by atoms with Gasteiger partial charge in [-0.1, -0.05) is 23.9 Å². The average molecular weight is 483 g/mol. The van der Waals surface area contributed by atoms with Crippen molar-refractivity contribution in [1.29, 1.82) is 0 Å². The molecule has 10 heteroatoms. The Bertz CT molecular complexity index is 1150. The van der Waals surface area contributed by atoms with Gasteiger partial charge >= 0.3 is 0 Å². The van der Waals surface area contributed by atoms with Gasteiger partial charge in [-0.3, -0.25) is 4.79 Å². The SMILES string of the molecule is Nc1cc(N)nc(SCC(=O)N2N=C3/C(=C/c4cccs4)CCCC3C2c2cccs2)n1. The molecular formula is C22H22N6OS3. The van der Waals surface area contributed by atoms with Crippen LogP contribution in [0.4, 0.5) is 11.6 Å². The summed E-state index contributed by atoms with van der Waals surface area (Å²) in [5.41, 5.74) is 13.8. The summed E-state index contributed by atoms with van der Waals surface area (Å²) in [4.78, 5) is 24.0. The van der Waals surface area contributed by atoms with Crippen LogP contribution in [0.25, 0.3) is 6.08 Å². The summed E-state index contributed by atoms with van der Waals surface area (Å²) in [5.74, 6) is 0.884. The van der Waals surface area contributed by atoms with Gasteiger partial charge in [0.05, 0.1) is 17.5 Å². The predicted octanol–water partition coefficient (Wildman–Crippen LogP) is 4.68. The van der Waals surface area contributed by atoms with Gasteiger partial charge in [-0.05, 0) is 53.8 Å². The third-order valence-corrected chi connectivity index (χ3v) is 8.12. The number of carbonyl (C=O) groups excluding carboxylic acids is 1. The minimum absolute atomic E-state index is 0.0723. The highest BCUT2D eigenvalue weighted by Crippen LogP contribution is 2.45. The number of allylic oxidation sites excluding steroid dienone is 1. The van der Waals surface area contributed by atoms with E-state index in [1.807, 2.05) is 6.07 Å². The van der Waals surface area contributed by atoms with Gasteiger partial charge in [0.25, 0.3) is 5.91 Å². The molecule has 3 aromatic rings. The van der Waals surface area contributed by atoms with Crippen molar-refractivity contribution >= 4 is 63.8 Å². The highest BCUT2D eigenvalue weighted by molar-refractivity contribution is 7.99. The summed E-state index contributed by atoms with van der Waals surface area (Å²) in [6.07, 6.45) is 5.33. The molecule has 1 aliphatic heterocycles. The number of rotatable bonds is 5. The Hall–Kier alpha value is -2.69. The third kappa shape index (κ3) is 4.30. The van der Waals surface area contributed by atoms with E-state index in [1.165, 1.54) is 28.3 Å². The highest BCUT2D eigenvalue weighted by Gasteiger charge is 2.44. The van der Waals surface area contributed by atoms with E-state index in [0.29, 0.717) is 16.8 Å². The molecule has 164 valence electrons. The molecule has 2 unspecified atom stereocenters. The first-order valence-electron chi connectivity index (χ1n) is 10.3. The lowest BCUT2D eigenvalue weighted by atomic mass is 9.79. The molecule has 4 N–H and O–H groups in total. The van der Waals surface area contributed by atoms with Crippen LogP contribution in [0.5, 0.6) is 0 Å². The van der Waals surface area contributed by atoms with Crippen molar-refractivity contribution in [1.82, 2.24) is 15.0 Å². The van der Waals surface area contributed by atoms with E-state index in [1.54, 1.807) is 27.7 Å². The first-order chi connectivity index (χ1) is 15.6. The fourth-order valence-electron chi connectivity index (χ4n) is 4.21. The molecule has 4 heterocycles. The molecule has 7 nitrogen and oxygen atoms in total. The Labute approximate surface area is 198 Å². The molecule has 0 saturated heterocycles. The van der Waals surface area contributed by atoms with Crippen molar-refractivity contribution in [2.45, 2.75) is 30.5 Å². The maximum absolute atomic E-state index is 13.3. The Balaban J connectivity index is 1.43. The molecule has 1 fully saturated rings. The molecule has 0 aromatic carbocycles. The standard InChI is InChI=1S/C22H22N6OS3/c23-17-11-18(24)26-22(25-17)32-12-19(29)28-21(16-7-3-9-31-16)15-6-1-4-13(20(15)27-28)10-14-5-2-8-30-14/h2-3,5,7-11,15,21H,1,4,6,12H2,(H4,23,24,25,26)/b13-10+. The lowest BCUT2D eigenvalue weighted by molar-refractivity contribution is -0.130. The van der Waals surface area contributed by atoms with E-state index >= 15 is 0 Å². The monoisotopic (exact) mass is 482 g/mol. The van der Waals surface area contributed by atoms with Gasteiger partial charge in [-0.25, -0.2) is 15.0 Å².